The molecule has 0 radical (unpaired) electrons. The minimum absolute atomic E-state index is 0.220. The first-order valence-electron chi connectivity index (χ1n) is 4.95. The van der Waals surface area contributed by atoms with Crippen molar-refractivity contribution in [2.45, 2.75) is 31.6 Å². The summed E-state index contributed by atoms with van der Waals surface area (Å²) in [6, 6.07) is 6.18. The summed E-state index contributed by atoms with van der Waals surface area (Å²) in [5.74, 6) is 1.01. The third-order valence-corrected chi connectivity index (χ3v) is 3.13. The van der Waals surface area contributed by atoms with Crippen molar-refractivity contribution in [3.8, 4) is 0 Å². The predicted molar refractivity (Wildman–Crippen MR) is 63.5 cm³/mol. The number of thioether (sulfide) groups is 1. The predicted octanol–water partition coefficient (Wildman–Crippen LogP) is 2.09. The van der Waals surface area contributed by atoms with Gasteiger partial charge in [-0.25, -0.2) is 0 Å². The van der Waals surface area contributed by atoms with Gasteiger partial charge in [0, 0.05) is 30.1 Å². The highest BCUT2D eigenvalue weighted by Crippen LogP contribution is 2.11. The maximum atomic E-state index is 5.99. The molecule has 0 saturated heterocycles. The van der Waals surface area contributed by atoms with Crippen LogP contribution in [0, 0.1) is 0 Å². The van der Waals surface area contributed by atoms with Gasteiger partial charge in [-0.2, -0.15) is 11.8 Å². The fourth-order valence-corrected chi connectivity index (χ4v) is 1.91. The summed E-state index contributed by atoms with van der Waals surface area (Å²) in [5, 5.41) is 0.657. The zero-order valence-electron chi connectivity index (χ0n) is 8.81. The molecule has 14 heavy (non-hydrogen) atoms. The second-order valence-corrected chi connectivity index (χ2v) is 5.28. The van der Waals surface area contributed by atoms with Crippen LogP contribution in [0.15, 0.2) is 24.4 Å². The van der Waals surface area contributed by atoms with Crippen LogP contribution in [-0.4, -0.2) is 22.0 Å². The van der Waals surface area contributed by atoms with Crippen molar-refractivity contribution < 1.29 is 0 Å². The van der Waals surface area contributed by atoms with Gasteiger partial charge in [0.1, 0.15) is 0 Å². The van der Waals surface area contributed by atoms with Crippen molar-refractivity contribution in [2.75, 3.05) is 5.75 Å². The zero-order valence-corrected chi connectivity index (χ0v) is 9.63. The van der Waals surface area contributed by atoms with Crippen molar-refractivity contribution in [1.82, 2.24) is 4.98 Å². The minimum Gasteiger partial charge on any atom is -0.327 e. The highest BCUT2D eigenvalue weighted by molar-refractivity contribution is 7.99. The van der Waals surface area contributed by atoms with E-state index < -0.39 is 0 Å². The molecule has 0 spiro atoms. The molecule has 0 fully saturated rings. The molecule has 1 aromatic rings. The van der Waals surface area contributed by atoms with Crippen molar-refractivity contribution in [2.24, 2.45) is 5.73 Å². The molecule has 1 rings (SSSR count). The minimum atomic E-state index is 0.220. The Morgan fingerprint density at radius 2 is 2.21 bits per heavy atom. The Bertz CT molecular complexity index is 249. The van der Waals surface area contributed by atoms with Crippen LogP contribution in [0.25, 0.3) is 0 Å². The lowest BCUT2D eigenvalue weighted by molar-refractivity contribution is 0.731. The molecule has 0 aliphatic carbocycles. The third kappa shape index (κ3) is 4.63. The SMILES string of the molecule is CC(C)SCC(N)Cc1ccccn1. The molecular weight excluding hydrogens is 192 g/mol. The largest absolute Gasteiger partial charge is 0.327 e. The highest BCUT2D eigenvalue weighted by atomic mass is 32.2. The van der Waals surface area contributed by atoms with Gasteiger partial charge in [0.15, 0.2) is 0 Å². The first-order chi connectivity index (χ1) is 6.68. The molecule has 1 unspecified atom stereocenters. The number of nitrogens with zero attached hydrogens (tertiary/aromatic N) is 1. The Morgan fingerprint density at radius 1 is 1.43 bits per heavy atom. The lowest BCUT2D eigenvalue weighted by Crippen LogP contribution is -2.26. The first kappa shape index (κ1) is 11.5. The van der Waals surface area contributed by atoms with Gasteiger partial charge in [-0.05, 0) is 17.4 Å². The second-order valence-electron chi connectivity index (χ2n) is 3.67. The fraction of sp³-hybridized carbons (Fsp3) is 0.545. The molecule has 0 aliphatic heterocycles. The van der Waals surface area contributed by atoms with Crippen LogP contribution in [0.3, 0.4) is 0 Å². The zero-order chi connectivity index (χ0) is 10.4. The topological polar surface area (TPSA) is 38.9 Å². The molecular formula is C11H18N2S. The summed E-state index contributed by atoms with van der Waals surface area (Å²) in [6.45, 7) is 4.39. The standard InChI is InChI=1S/C11H18N2S/c1-9(2)14-8-10(12)7-11-5-3-4-6-13-11/h3-6,9-10H,7-8,12H2,1-2H3. The number of aromatic nitrogens is 1. The van der Waals surface area contributed by atoms with E-state index in [1.54, 1.807) is 0 Å². The van der Waals surface area contributed by atoms with Gasteiger partial charge in [-0.15, -0.1) is 0 Å². The molecule has 1 atom stereocenters. The number of pyridine rings is 1. The molecule has 78 valence electrons. The average Bonchev–Trinajstić information content (AvgIpc) is 2.16. The fourth-order valence-electron chi connectivity index (χ4n) is 1.16. The summed E-state index contributed by atoms with van der Waals surface area (Å²) in [5.41, 5.74) is 7.08. The quantitative estimate of drug-likeness (QED) is 0.809. The second kappa shape index (κ2) is 6.04. The van der Waals surface area contributed by atoms with Crippen LogP contribution in [0.5, 0.6) is 0 Å². The van der Waals surface area contributed by atoms with Gasteiger partial charge in [0.25, 0.3) is 0 Å². The molecule has 1 aromatic heterocycles. The van der Waals surface area contributed by atoms with Crippen LogP contribution in [0.1, 0.15) is 19.5 Å². The van der Waals surface area contributed by atoms with Crippen LogP contribution in [0.2, 0.25) is 0 Å². The maximum absolute atomic E-state index is 5.99. The van der Waals surface area contributed by atoms with Crippen LogP contribution < -0.4 is 5.73 Å². The van der Waals surface area contributed by atoms with Crippen molar-refractivity contribution in [3.63, 3.8) is 0 Å². The van der Waals surface area contributed by atoms with E-state index in [-0.39, 0.29) is 6.04 Å². The average molecular weight is 210 g/mol. The van der Waals surface area contributed by atoms with Crippen LogP contribution in [0.4, 0.5) is 0 Å². The lowest BCUT2D eigenvalue weighted by Gasteiger charge is -2.12. The smallest absolute Gasteiger partial charge is 0.0419 e. The van der Waals surface area contributed by atoms with E-state index in [0.717, 1.165) is 17.9 Å². The van der Waals surface area contributed by atoms with Crippen LogP contribution >= 0.6 is 11.8 Å². The molecule has 3 heteroatoms. The Morgan fingerprint density at radius 3 is 2.79 bits per heavy atom. The van der Waals surface area contributed by atoms with Gasteiger partial charge in [-0.1, -0.05) is 19.9 Å². The van der Waals surface area contributed by atoms with Crippen LogP contribution in [-0.2, 0) is 6.42 Å². The highest BCUT2D eigenvalue weighted by Gasteiger charge is 2.05. The molecule has 0 saturated carbocycles. The summed E-state index contributed by atoms with van der Waals surface area (Å²) in [7, 11) is 0. The Kier molecular flexibility index (Phi) is 4.98. The normalized spacial score (nSPS) is 13.1. The molecule has 1 heterocycles. The monoisotopic (exact) mass is 210 g/mol. The van der Waals surface area contributed by atoms with E-state index in [1.165, 1.54) is 0 Å². The molecule has 0 aromatic carbocycles. The number of nitrogens with two attached hydrogens (primary N) is 1. The number of hydrogen-bond acceptors (Lipinski definition) is 3. The van der Waals surface area contributed by atoms with E-state index in [9.17, 15) is 0 Å². The molecule has 2 nitrogen and oxygen atoms in total. The van der Waals surface area contributed by atoms with E-state index in [2.05, 4.69) is 18.8 Å². The van der Waals surface area contributed by atoms with Gasteiger partial charge in [-0.3, -0.25) is 4.98 Å². The number of hydrogen-bond donors (Lipinski definition) is 1. The summed E-state index contributed by atoms with van der Waals surface area (Å²) >= 11 is 1.91. The molecule has 0 bridgehead atoms. The van der Waals surface area contributed by atoms with Gasteiger partial charge < -0.3 is 5.73 Å². The van der Waals surface area contributed by atoms with Crippen molar-refractivity contribution in [3.05, 3.63) is 30.1 Å². The van der Waals surface area contributed by atoms with Gasteiger partial charge in [0.2, 0.25) is 0 Å². The Labute approximate surface area is 90.3 Å². The summed E-state index contributed by atoms with van der Waals surface area (Å²) < 4.78 is 0. The van der Waals surface area contributed by atoms with E-state index in [4.69, 9.17) is 5.73 Å². The molecule has 0 aliphatic rings. The third-order valence-electron chi connectivity index (χ3n) is 1.84. The lowest BCUT2D eigenvalue weighted by atomic mass is 10.2. The van der Waals surface area contributed by atoms with Crippen molar-refractivity contribution in [1.29, 1.82) is 0 Å². The maximum Gasteiger partial charge on any atom is 0.0419 e. The Balaban J connectivity index is 2.30. The van der Waals surface area contributed by atoms with Gasteiger partial charge >= 0.3 is 0 Å². The van der Waals surface area contributed by atoms with E-state index >= 15 is 0 Å². The first-order valence-corrected chi connectivity index (χ1v) is 6.00. The molecule has 2 N–H and O–H groups in total. The summed E-state index contributed by atoms with van der Waals surface area (Å²) in [4.78, 5) is 4.26. The van der Waals surface area contributed by atoms with E-state index in [0.29, 0.717) is 5.25 Å². The van der Waals surface area contributed by atoms with Crippen molar-refractivity contribution >= 4 is 11.8 Å². The Hall–Kier alpha value is -0.540. The number of rotatable bonds is 5. The van der Waals surface area contributed by atoms with Gasteiger partial charge in [0.05, 0.1) is 0 Å². The van der Waals surface area contributed by atoms with E-state index in [1.807, 2.05) is 36.2 Å². The summed E-state index contributed by atoms with van der Waals surface area (Å²) in [6.07, 6.45) is 2.69. The molecule has 0 amide bonds.